The van der Waals surface area contributed by atoms with Gasteiger partial charge in [0.25, 0.3) is 11.8 Å². The summed E-state index contributed by atoms with van der Waals surface area (Å²) in [5.74, 6) is 1.61. The molecular weight excluding hydrogens is 468 g/mol. The molecule has 1 saturated heterocycles. The molecule has 188 valence electrons. The van der Waals surface area contributed by atoms with E-state index in [0.717, 1.165) is 29.7 Å². The molecule has 0 spiro atoms. The number of piperidine rings is 1. The van der Waals surface area contributed by atoms with Crippen LogP contribution < -0.4 is 10.1 Å². The van der Waals surface area contributed by atoms with Crippen molar-refractivity contribution in [3.8, 4) is 17.1 Å². The molecule has 37 heavy (non-hydrogen) atoms. The number of nitrogens with zero attached hydrogens (tertiary/aromatic N) is 3. The molecule has 1 fully saturated rings. The van der Waals surface area contributed by atoms with Crippen LogP contribution in [0.1, 0.15) is 50.9 Å². The van der Waals surface area contributed by atoms with Crippen LogP contribution >= 0.6 is 0 Å². The van der Waals surface area contributed by atoms with Gasteiger partial charge in [-0.05, 0) is 54.8 Å². The van der Waals surface area contributed by atoms with E-state index < -0.39 is 0 Å². The number of aromatic nitrogens is 2. The van der Waals surface area contributed by atoms with E-state index >= 15 is 0 Å². The number of amides is 2. The maximum atomic E-state index is 12.9. The summed E-state index contributed by atoms with van der Waals surface area (Å²) < 4.78 is 10.7. The first kappa shape index (κ1) is 24.2. The molecule has 5 rings (SSSR count). The van der Waals surface area contributed by atoms with Crippen molar-refractivity contribution in [1.29, 1.82) is 0 Å². The SMILES string of the molecule is COc1ccc(CNC(=O)c2ccc(-c3noc([C@H]4CCCN(C(=O)c5ccccc5)C4)n3)cc2)cc1. The van der Waals surface area contributed by atoms with Crippen LogP contribution in [0.25, 0.3) is 11.4 Å². The zero-order valence-electron chi connectivity index (χ0n) is 20.6. The monoisotopic (exact) mass is 496 g/mol. The summed E-state index contributed by atoms with van der Waals surface area (Å²) in [6.07, 6.45) is 1.76. The van der Waals surface area contributed by atoms with E-state index in [0.29, 0.717) is 42.5 Å². The molecule has 1 aromatic heterocycles. The smallest absolute Gasteiger partial charge is 0.253 e. The van der Waals surface area contributed by atoms with Gasteiger partial charge in [0.15, 0.2) is 0 Å². The normalized spacial score (nSPS) is 15.3. The Morgan fingerprint density at radius 3 is 2.49 bits per heavy atom. The van der Waals surface area contributed by atoms with E-state index in [1.165, 1.54) is 0 Å². The van der Waals surface area contributed by atoms with E-state index in [1.54, 1.807) is 19.2 Å². The van der Waals surface area contributed by atoms with Crippen molar-refractivity contribution >= 4 is 11.8 Å². The summed E-state index contributed by atoms with van der Waals surface area (Å²) in [4.78, 5) is 31.9. The highest BCUT2D eigenvalue weighted by molar-refractivity contribution is 5.95. The van der Waals surface area contributed by atoms with Gasteiger partial charge in [0.05, 0.1) is 13.0 Å². The van der Waals surface area contributed by atoms with E-state index in [4.69, 9.17) is 9.26 Å². The van der Waals surface area contributed by atoms with Gasteiger partial charge >= 0.3 is 0 Å². The molecule has 0 bridgehead atoms. The molecule has 0 saturated carbocycles. The highest BCUT2D eigenvalue weighted by Gasteiger charge is 2.29. The van der Waals surface area contributed by atoms with Crippen LogP contribution in [0.3, 0.4) is 0 Å². The Morgan fingerprint density at radius 2 is 1.76 bits per heavy atom. The van der Waals surface area contributed by atoms with E-state index in [2.05, 4.69) is 15.5 Å². The van der Waals surface area contributed by atoms with Gasteiger partial charge in [-0.15, -0.1) is 0 Å². The van der Waals surface area contributed by atoms with Gasteiger partial charge in [-0.25, -0.2) is 0 Å². The molecule has 4 aromatic rings. The van der Waals surface area contributed by atoms with Gasteiger partial charge in [-0.2, -0.15) is 4.98 Å². The fourth-order valence-electron chi connectivity index (χ4n) is 4.44. The van der Waals surface area contributed by atoms with Crippen molar-refractivity contribution in [2.45, 2.75) is 25.3 Å². The molecule has 1 aliphatic heterocycles. The number of nitrogens with one attached hydrogen (secondary N) is 1. The van der Waals surface area contributed by atoms with E-state index in [9.17, 15) is 9.59 Å². The Bertz CT molecular complexity index is 1350. The number of benzene rings is 3. The molecule has 1 atom stereocenters. The summed E-state index contributed by atoms with van der Waals surface area (Å²) in [5, 5.41) is 7.08. The van der Waals surface area contributed by atoms with Crippen LogP contribution in [0.2, 0.25) is 0 Å². The summed E-state index contributed by atoms with van der Waals surface area (Å²) in [6.45, 7) is 1.68. The minimum Gasteiger partial charge on any atom is -0.497 e. The minimum absolute atomic E-state index is 0.00864. The van der Waals surface area contributed by atoms with Gasteiger partial charge in [0, 0.05) is 36.3 Å². The van der Waals surface area contributed by atoms with Gasteiger partial charge in [-0.3, -0.25) is 9.59 Å². The number of methoxy groups -OCH3 is 1. The van der Waals surface area contributed by atoms with Crippen molar-refractivity contribution in [2.75, 3.05) is 20.2 Å². The van der Waals surface area contributed by atoms with Gasteiger partial charge in [-0.1, -0.05) is 47.6 Å². The van der Waals surface area contributed by atoms with Crippen LogP contribution in [-0.4, -0.2) is 47.1 Å². The summed E-state index contributed by atoms with van der Waals surface area (Å²) in [5.41, 5.74) is 2.97. The molecule has 0 radical (unpaired) electrons. The predicted octanol–water partition coefficient (Wildman–Crippen LogP) is 4.70. The number of rotatable bonds is 7. The van der Waals surface area contributed by atoms with Crippen LogP contribution in [-0.2, 0) is 6.54 Å². The second kappa shape index (κ2) is 11.1. The summed E-state index contributed by atoms with van der Waals surface area (Å²) in [6, 6.07) is 24.0. The lowest BCUT2D eigenvalue weighted by atomic mass is 9.97. The van der Waals surface area contributed by atoms with Crippen LogP contribution in [0.15, 0.2) is 83.4 Å². The van der Waals surface area contributed by atoms with E-state index in [-0.39, 0.29) is 17.7 Å². The Labute approximate surface area is 215 Å². The molecule has 1 N–H and O–H groups in total. The molecule has 1 aliphatic rings. The fourth-order valence-corrected chi connectivity index (χ4v) is 4.44. The molecular formula is C29H28N4O4. The number of hydrogen-bond acceptors (Lipinski definition) is 6. The molecule has 2 amide bonds. The standard InChI is InChI=1S/C29H28N4O4/c1-36-25-15-9-20(10-16-25)18-30-27(34)22-13-11-21(12-14-22)26-31-28(37-32-26)24-8-5-17-33(19-24)29(35)23-6-3-2-4-7-23/h2-4,6-7,9-16,24H,5,8,17-19H2,1H3,(H,30,34)/t24-/m0/s1. The van der Waals surface area contributed by atoms with Crippen molar-refractivity contribution in [3.05, 3.63) is 101 Å². The van der Waals surface area contributed by atoms with Crippen LogP contribution in [0.5, 0.6) is 5.75 Å². The van der Waals surface area contributed by atoms with Gasteiger partial charge in [0.1, 0.15) is 5.75 Å². The lowest BCUT2D eigenvalue weighted by Gasteiger charge is -2.31. The highest BCUT2D eigenvalue weighted by Crippen LogP contribution is 2.28. The van der Waals surface area contributed by atoms with Crippen LogP contribution in [0, 0.1) is 0 Å². The first-order valence-corrected chi connectivity index (χ1v) is 12.3. The maximum absolute atomic E-state index is 12.9. The Hall–Kier alpha value is -4.46. The second-order valence-electron chi connectivity index (χ2n) is 9.02. The summed E-state index contributed by atoms with van der Waals surface area (Å²) in [7, 11) is 1.62. The largest absolute Gasteiger partial charge is 0.497 e. The van der Waals surface area contributed by atoms with Gasteiger partial charge in [0.2, 0.25) is 11.7 Å². The first-order chi connectivity index (χ1) is 18.1. The van der Waals surface area contributed by atoms with Crippen LogP contribution in [0.4, 0.5) is 0 Å². The van der Waals surface area contributed by atoms with E-state index in [1.807, 2.05) is 71.6 Å². The number of ether oxygens (including phenoxy) is 1. The lowest BCUT2D eigenvalue weighted by Crippen LogP contribution is -2.39. The molecule has 2 heterocycles. The number of likely N-dealkylation sites (tertiary alicyclic amines) is 1. The van der Waals surface area contributed by atoms with Crippen molar-refractivity contribution < 1.29 is 18.8 Å². The predicted molar refractivity (Wildman–Crippen MR) is 138 cm³/mol. The molecule has 0 aliphatic carbocycles. The second-order valence-corrected chi connectivity index (χ2v) is 9.02. The quantitative estimate of drug-likeness (QED) is 0.399. The van der Waals surface area contributed by atoms with Crippen molar-refractivity contribution in [1.82, 2.24) is 20.4 Å². The van der Waals surface area contributed by atoms with Crippen molar-refractivity contribution in [2.24, 2.45) is 0 Å². The highest BCUT2D eigenvalue weighted by atomic mass is 16.5. The van der Waals surface area contributed by atoms with Gasteiger partial charge < -0.3 is 19.5 Å². The Balaban J connectivity index is 1.20. The third-order valence-electron chi connectivity index (χ3n) is 6.54. The topological polar surface area (TPSA) is 97.6 Å². The number of carbonyl (C=O) groups is 2. The summed E-state index contributed by atoms with van der Waals surface area (Å²) >= 11 is 0. The minimum atomic E-state index is -0.165. The van der Waals surface area contributed by atoms with Crippen molar-refractivity contribution in [3.63, 3.8) is 0 Å². The average molecular weight is 497 g/mol. The maximum Gasteiger partial charge on any atom is 0.253 e. The lowest BCUT2D eigenvalue weighted by molar-refractivity contribution is 0.0695. The Morgan fingerprint density at radius 1 is 1.00 bits per heavy atom. The third-order valence-corrected chi connectivity index (χ3v) is 6.54. The molecule has 8 heteroatoms. The number of hydrogen-bond donors (Lipinski definition) is 1. The number of carbonyl (C=O) groups excluding carboxylic acids is 2. The zero-order chi connectivity index (χ0) is 25.6. The first-order valence-electron chi connectivity index (χ1n) is 12.3. The fraction of sp³-hybridized carbons (Fsp3) is 0.241. The zero-order valence-corrected chi connectivity index (χ0v) is 20.6. The third kappa shape index (κ3) is 5.69. The molecule has 8 nitrogen and oxygen atoms in total. The molecule has 0 unspecified atom stereocenters. The molecule has 3 aromatic carbocycles. The Kier molecular flexibility index (Phi) is 7.26. The average Bonchev–Trinajstić information content (AvgIpc) is 3.47.